The van der Waals surface area contributed by atoms with Crippen molar-refractivity contribution in [3.05, 3.63) is 42.2 Å². The van der Waals surface area contributed by atoms with Gasteiger partial charge in [-0.3, -0.25) is 4.79 Å². The van der Waals surface area contributed by atoms with E-state index < -0.39 is 0 Å². The molecule has 3 heterocycles. The van der Waals surface area contributed by atoms with E-state index in [4.69, 9.17) is 4.74 Å². The van der Waals surface area contributed by atoms with Gasteiger partial charge in [-0.05, 0) is 43.0 Å². The Bertz CT molecular complexity index is 779. The molecule has 1 N–H and O–H groups in total. The number of aromatic nitrogens is 2. The lowest BCUT2D eigenvalue weighted by Gasteiger charge is -2.32. The lowest BCUT2D eigenvalue weighted by atomic mass is 9.99. The van der Waals surface area contributed by atoms with Crippen LogP contribution in [-0.2, 0) is 4.74 Å². The summed E-state index contributed by atoms with van der Waals surface area (Å²) in [6.45, 7) is 6.95. The first kappa shape index (κ1) is 18.7. The molecule has 0 atom stereocenters. The second-order valence-corrected chi connectivity index (χ2v) is 7.54. The topological polar surface area (TPSA) is 70.6 Å². The first-order valence-corrected chi connectivity index (χ1v) is 10.00. The number of hydrogen-bond acceptors (Lipinski definition) is 6. The molecule has 0 spiro atoms. The van der Waals surface area contributed by atoms with Crippen LogP contribution in [0.15, 0.2) is 36.7 Å². The molecular formula is C21H27N5O2. The van der Waals surface area contributed by atoms with Gasteiger partial charge in [0.2, 0.25) is 5.95 Å². The van der Waals surface area contributed by atoms with Crippen LogP contribution in [0.1, 0.15) is 30.1 Å². The molecule has 1 amide bonds. The van der Waals surface area contributed by atoms with Gasteiger partial charge in [-0.1, -0.05) is 6.92 Å². The predicted octanol–water partition coefficient (Wildman–Crippen LogP) is 2.93. The summed E-state index contributed by atoms with van der Waals surface area (Å²) in [5.74, 6) is 1.26. The highest BCUT2D eigenvalue weighted by Crippen LogP contribution is 2.25. The van der Waals surface area contributed by atoms with Crippen LogP contribution >= 0.6 is 0 Å². The zero-order valence-corrected chi connectivity index (χ0v) is 16.3. The standard InChI is InChI=1S/C21H27N5O2/c1-16-6-8-25(9-7-16)19-4-2-18(3-5-19)24-21-22-14-17(15-23-21)20(27)26-10-12-28-13-11-26/h2-5,14-16H,6-13H2,1H3,(H,22,23,24). The number of anilines is 3. The third-order valence-electron chi connectivity index (χ3n) is 5.47. The van der Waals surface area contributed by atoms with Crippen molar-refractivity contribution < 1.29 is 9.53 Å². The summed E-state index contributed by atoms with van der Waals surface area (Å²) in [5.41, 5.74) is 2.69. The number of carbonyl (C=O) groups excluding carboxylic acids is 1. The van der Waals surface area contributed by atoms with Crippen LogP contribution in [0.4, 0.5) is 17.3 Å². The highest BCUT2D eigenvalue weighted by atomic mass is 16.5. The number of piperidine rings is 1. The van der Waals surface area contributed by atoms with Crippen LogP contribution in [-0.4, -0.2) is 60.2 Å². The maximum absolute atomic E-state index is 12.4. The molecule has 0 unspecified atom stereocenters. The molecule has 0 bridgehead atoms. The van der Waals surface area contributed by atoms with Gasteiger partial charge >= 0.3 is 0 Å². The Balaban J connectivity index is 1.35. The van der Waals surface area contributed by atoms with Crippen LogP contribution in [0.3, 0.4) is 0 Å². The summed E-state index contributed by atoms with van der Waals surface area (Å²) in [6.07, 6.45) is 5.67. The number of hydrogen-bond donors (Lipinski definition) is 1. The average Bonchev–Trinajstić information content (AvgIpc) is 2.76. The van der Waals surface area contributed by atoms with Gasteiger partial charge < -0.3 is 19.9 Å². The number of nitrogens with one attached hydrogen (secondary N) is 1. The minimum absolute atomic E-state index is 0.0462. The van der Waals surface area contributed by atoms with Gasteiger partial charge in [0.1, 0.15) is 0 Å². The van der Waals surface area contributed by atoms with Crippen molar-refractivity contribution in [1.29, 1.82) is 0 Å². The summed E-state index contributed by atoms with van der Waals surface area (Å²) in [5, 5.41) is 3.20. The van der Waals surface area contributed by atoms with E-state index >= 15 is 0 Å². The fourth-order valence-corrected chi connectivity index (χ4v) is 3.60. The molecule has 28 heavy (non-hydrogen) atoms. The van der Waals surface area contributed by atoms with E-state index in [2.05, 4.69) is 39.2 Å². The van der Waals surface area contributed by atoms with E-state index in [-0.39, 0.29) is 5.91 Å². The Labute approximate surface area is 165 Å². The first-order chi connectivity index (χ1) is 13.7. The Morgan fingerprint density at radius 2 is 1.68 bits per heavy atom. The highest BCUT2D eigenvalue weighted by molar-refractivity contribution is 5.93. The van der Waals surface area contributed by atoms with E-state index in [9.17, 15) is 4.79 Å². The van der Waals surface area contributed by atoms with Gasteiger partial charge in [-0.25, -0.2) is 9.97 Å². The molecule has 1 aromatic heterocycles. The van der Waals surface area contributed by atoms with Crippen LogP contribution in [0.2, 0.25) is 0 Å². The molecular weight excluding hydrogens is 354 g/mol. The molecule has 0 aliphatic carbocycles. The Hall–Kier alpha value is -2.67. The molecule has 4 rings (SSSR count). The summed E-state index contributed by atoms with van der Waals surface area (Å²) in [4.78, 5) is 25.3. The molecule has 0 saturated carbocycles. The predicted molar refractivity (Wildman–Crippen MR) is 109 cm³/mol. The maximum Gasteiger partial charge on any atom is 0.257 e. The Morgan fingerprint density at radius 3 is 2.32 bits per heavy atom. The maximum atomic E-state index is 12.4. The number of morpholine rings is 1. The highest BCUT2D eigenvalue weighted by Gasteiger charge is 2.19. The minimum atomic E-state index is -0.0462. The number of benzene rings is 1. The normalized spacial score (nSPS) is 18.2. The third-order valence-corrected chi connectivity index (χ3v) is 5.47. The van der Waals surface area contributed by atoms with Crippen LogP contribution in [0, 0.1) is 5.92 Å². The molecule has 2 aliphatic rings. The van der Waals surface area contributed by atoms with Crippen LogP contribution in [0.5, 0.6) is 0 Å². The summed E-state index contributed by atoms with van der Waals surface area (Å²) < 4.78 is 5.28. The number of nitrogens with zero attached hydrogens (tertiary/aromatic N) is 4. The molecule has 7 nitrogen and oxygen atoms in total. The Morgan fingerprint density at radius 1 is 1.04 bits per heavy atom. The molecule has 2 aromatic rings. The second-order valence-electron chi connectivity index (χ2n) is 7.54. The SMILES string of the molecule is CC1CCN(c2ccc(Nc3ncc(C(=O)N4CCOCC4)cn3)cc2)CC1. The molecule has 148 valence electrons. The average molecular weight is 381 g/mol. The van der Waals surface area contributed by atoms with Gasteiger partial charge in [0.25, 0.3) is 5.91 Å². The van der Waals surface area contributed by atoms with Gasteiger partial charge in [-0.2, -0.15) is 0 Å². The van der Waals surface area contributed by atoms with Crippen LogP contribution in [0.25, 0.3) is 0 Å². The Kier molecular flexibility index (Phi) is 5.71. The van der Waals surface area contributed by atoms with Crippen molar-refractivity contribution in [1.82, 2.24) is 14.9 Å². The van der Waals surface area contributed by atoms with E-state index in [0.717, 1.165) is 24.7 Å². The van der Waals surface area contributed by atoms with Gasteiger partial charge in [0.05, 0.1) is 18.8 Å². The van der Waals surface area contributed by atoms with E-state index in [0.29, 0.717) is 37.8 Å². The number of rotatable bonds is 4. The largest absolute Gasteiger partial charge is 0.378 e. The monoisotopic (exact) mass is 381 g/mol. The van der Waals surface area contributed by atoms with Crippen molar-refractivity contribution in [2.75, 3.05) is 49.6 Å². The van der Waals surface area contributed by atoms with Crippen molar-refractivity contribution in [2.24, 2.45) is 5.92 Å². The van der Waals surface area contributed by atoms with Crippen molar-refractivity contribution >= 4 is 23.2 Å². The smallest absolute Gasteiger partial charge is 0.257 e. The molecule has 2 aliphatic heterocycles. The number of amides is 1. The van der Waals surface area contributed by atoms with Crippen LogP contribution < -0.4 is 10.2 Å². The van der Waals surface area contributed by atoms with E-state index in [1.165, 1.54) is 18.5 Å². The lowest BCUT2D eigenvalue weighted by molar-refractivity contribution is 0.0302. The van der Waals surface area contributed by atoms with Gasteiger partial charge in [-0.15, -0.1) is 0 Å². The number of carbonyl (C=O) groups is 1. The van der Waals surface area contributed by atoms with Gasteiger partial charge in [0.15, 0.2) is 0 Å². The summed E-state index contributed by atoms with van der Waals surface area (Å²) >= 11 is 0. The third kappa shape index (κ3) is 4.42. The quantitative estimate of drug-likeness (QED) is 0.878. The molecule has 2 saturated heterocycles. The number of ether oxygens (including phenoxy) is 1. The zero-order valence-electron chi connectivity index (χ0n) is 16.3. The fraction of sp³-hybridized carbons (Fsp3) is 0.476. The fourth-order valence-electron chi connectivity index (χ4n) is 3.60. The zero-order chi connectivity index (χ0) is 19.3. The van der Waals surface area contributed by atoms with E-state index in [1.807, 2.05) is 12.1 Å². The molecule has 2 fully saturated rings. The summed E-state index contributed by atoms with van der Waals surface area (Å²) in [7, 11) is 0. The summed E-state index contributed by atoms with van der Waals surface area (Å²) in [6, 6.07) is 8.36. The first-order valence-electron chi connectivity index (χ1n) is 10.00. The van der Waals surface area contributed by atoms with Crippen molar-refractivity contribution in [3.63, 3.8) is 0 Å². The molecule has 7 heteroatoms. The second kappa shape index (κ2) is 8.56. The minimum Gasteiger partial charge on any atom is -0.378 e. The van der Waals surface area contributed by atoms with Crippen molar-refractivity contribution in [3.8, 4) is 0 Å². The lowest BCUT2D eigenvalue weighted by Crippen LogP contribution is -2.40. The van der Waals surface area contributed by atoms with E-state index in [1.54, 1.807) is 17.3 Å². The molecule has 0 radical (unpaired) electrons. The van der Waals surface area contributed by atoms with Gasteiger partial charge in [0, 0.05) is 49.9 Å². The molecule has 1 aromatic carbocycles. The van der Waals surface area contributed by atoms with Crippen molar-refractivity contribution in [2.45, 2.75) is 19.8 Å².